The van der Waals surface area contributed by atoms with Crippen LogP contribution in [-0.2, 0) is 10.5 Å². The van der Waals surface area contributed by atoms with Crippen molar-refractivity contribution >= 4 is 0 Å². The summed E-state index contributed by atoms with van der Waals surface area (Å²) in [5.74, 6) is 5.36. The molecule has 1 aliphatic rings. The second-order valence-corrected chi connectivity index (χ2v) is 4.25. The standard InChI is InChI=1S/C12H14N2O5/c1-2-4-12(6-8(16)9(7-15)19-12)14-5-3-10(17)13-11(14)18/h3,5,8-9,15-16H,6-7H2,1H3,(H,13,17,18)/t8-,9+,12+/m0/s1. The van der Waals surface area contributed by atoms with Crippen LogP contribution >= 0.6 is 0 Å². The van der Waals surface area contributed by atoms with Crippen molar-refractivity contribution in [2.75, 3.05) is 6.61 Å². The first-order valence-corrected chi connectivity index (χ1v) is 5.75. The van der Waals surface area contributed by atoms with Gasteiger partial charge in [-0.15, -0.1) is 5.92 Å². The van der Waals surface area contributed by atoms with E-state index in [1.54, 1.807) is 6.92 Å². The van der Waals surface area contributed by atoms with Gasteiger partial charge in [-0.1, -0.05) is 0 Å². The van der Waals surface area contributed by atoms with E-state index in [2.05, 4.69) is 16.8 Å². The van der Waals surface area contributed by atoms with Gasteiger partial charge in [0.25, 0.3) is 5.56 Å². The third-order valence-corrected chi connectivity index (χ3v) is 2.97. The van der Waals surface area contributed by atoms with Gasteiger partial charge in [0.1, 0.15) is 6.10 Å². The number of hydrogen-bond acceptors (Lipinski definition) is 5. The molecule has 3 atom stereocenters. The molecule has 0 bridgehead atoms. The summed E-state index contributed by atoms with van der Waals surface area (Å²) in [5, 5.41) is 18.9. The van der Waals surface area contributed by atoms with E-state index in [1.165, 1.54) is 12.3 Å². The first-order valence-electron chi connectivity index (χ1n) is 5.75. The Morgan fingerprint density at radius 1 is 1.63 bits per heavy atom. The molecule has 1 aliphatic heterocycles. The molecule has 7 nitrogen and oxygen atoms in total. The summed E-state index contributed by atoms with van der Waals surface area (Å²) in [6, 6.07) is 1.17. The molecular formula is C12H14N2O5. The predicted molar refractivity (Wildman–Crippen MR) is 65.3 cm³/mol. The second-order valence-electron chi connectivity index (χ2n) is 4.25. The van der Waals surface area contributed by atoms with Crippen LogP contribution in [0.5, 0.6) is 0 Å². The molecule has 0 aromatic carbocycles. The molecule has 0 spiro atoms. The maximum atomic E-state index is 11.8. The van der Waals surface area contributed by atoms with E-state index >= 15 is 0 Å². The Kier molecular flexibility index (Phi) is 3.57. The molecule has 19 heavy (non-hydrogen) atoms. The van der Waals surface area contributed by atoms with Crippen LogP contribution in [0.2, 0.25) is 0 Å². The quantitative estimate of drug-likeness (QED) is 0.557. The Morgan fingerprint density at radius 2 is 2.37 bits per heavy atom. The molecule has 102 valence electrons. The van der Waals surface area contributed by atoms with Gasteiger partial charge in [-0.05, 0) is 12.8 Å². The Balaban J connectivity index is 2.55. The molecular weight excluding hydrogens is 252 g/mol. The molecule has 1 saturated heterocycles. The average molecular weight is 266 g/mol. The SMILES string of the molecule is CC#C[C@]1(n2ccc(=O)[nH]c2=O)C[C@H](O)[C@@H](CO)O1. The van der Waals surface area contributed by atoms with Crippen molar-refractivity contribution in [2.24, 2.45) is 0 Å². The Bertz CT molecular complexity index is 638. The normalized spacial score (nSPS) is 29.8. The summed E-state index contributed by atoms with van der Waals surface area (Å²) in [6.07, 6.45) is -0.465. The molecule has 7 heteroatoms. The topological polar surface area (TPSA) is 105 Å². The molecule has 0 radical (unpaired) electrons. The van der Waals surface area contributed by atoms with Crippen LogP contribution < -0.4 is 11.2 Å². The minimum atomic E-state index is -1.37. The van der Waals surface area contributed by atoms with Crippen LogP contribution in [0.15, 0.2) is 21.9 Å². The molecule has 1 aromatic heterocycles. The van der Waals surface area contributed by atoms with Crippen LogP contribution in [0.4, 0.5) is 0 Å². The van der Waals surface area contributed by atoms with Crippen molar-refractivity contribution in [1.82, 2.24) is 9.55 Å². The molecule has 3 N–H and O–H groups in total. The number of aliphatic hydroxyl groups is 2. The molecule has 1 fully saturated rings. The summed E-state index contributed by atoms with van der Waals surface area (Å²) < 4.78 is 6.64. The zero-order chi connectivity index (χ0) is 14.0. The second kappa shape index (κ2) is 5.01. The largest absolute Gasteiger partial charge is 0.394 e. The lowest BCUT2D eigenvalue weighted by atomic mass is 10.1. The van der Waals surface area contributed by atoms with Gasteiger partial charge in [0.2, 0.25) is 5.72 Å². The zero-order valence-electron chi connectivity index (χ0n) is 10.3. The number of nitrogens with one attached hydrogen (secondary N) is 1. The maximum absolute atomic E-state index is 11.8. The van der Waals surface area contributed by atoms with E-state index in [4.69, 9.17) is 9.84 Å². The number of H-pyrrole nitrogens is 1. The first kappa shape index (κ1) is 13.5. The summed E-state index contributed by atoms with van der Waals surface area (Å²) in [4.78, 5) is 25.0. The summed E-state index contributed by atoms with van der Waals surface area (Å²) in [5.41, 5.74) is -2.58. The lowest BCUT2D eigenvalue weighted by Gasteiger charge is -2.25. The maximum Gasteiger partial charge on any atom is 0.331 e. The predicted octanol–water partition coefficient (Wildman–Crippen LogP) is -1.65. The Morgan fingerprint density at radius 3 is 2.89 bits per heavy atom. The number of hydrogen-bond donors (Lipinski definition) is 3. The van der Waals surface area contributed by atoms with E-state index < -0.39 is 29.2 Å². The number of rotatable bonds is 2. The lowest BCUT2D eigenvalue weighted by molar-refractivity contribution is -0.0837. The van der Waals surface area contributed by atoms with Crippen LogP contribution in [0.25, 0.3) is 0 Å². The number of aromatic nitrogens is 2. The van der Waals surface area contributed by atoms with Gasteiger partial charge >= 0.3 is 5.69 Å². The lowest BCUT2D eigenvalue weighted by Crippen LogP contribution is -2.43. The van der Waals surface area contributed by atoms with Gasteiger partial charge < -0.3 is 14.9 Å². The molecule has 0 aliphatic carbocycles. The average Bonchev–Trinajstić information content (AvgIpc) is 2.66. The van der Waals surface area contributed by atoms with Crippen molar-refractivity contribution in [2.45, 2.75) is 31.3 Å². The van der Waals surface area contributed by atoms with Crippen LogP contribution in [0, 0.1) is 11.8 Å². The van der Waals surface area contributed by atoms with E-state index in [0.717, 1.165) is 4.57 Å². The highest BCUT2D eigenvalue weighted by atomic mass is 16.6. The molecule has 2 rings (SSSR count). The van der Waals surface area contributed by atoms with Crippen LogP contribution in [-0.4, -0.2) is 38.6 Å². The summed E-state index contributed by atoms with van der Waals surface area (Å²) in [7, 11) is 0. The van der Waals surface area contributed by atoms with E-state index in [0.29, 0.717) is 0 Å². The Hall–Kier alpha value is -1.88. The monoisotopic (exact) mass is 266 g/mol. The number of aliphatic hydroxyl groups excluding tert-OH is 2. The summed E-state index contributed by atoms with van der Waals surface area (Å²) >= 11 is 0. The highest BCUT2D eigenvalue weighted by Gasteiger charge is 2.46. The molecule has 2 heterocycles. The zero-order valence-corrected chi connectivity index (χ0v) is 10.3. The van der Waals surface area contributed by atoms with Crippen LogP contribution in [0.1, 0.15) is 13.3 Å². The highest BCUT2D eigenvalue weighted by Crippen LogP contribution is 2.33. The van der Waals surface area contributed by atoms with E-state index in [9.17, 15) is 14.7 Å². The van der Waals surface area contributed by atoms with Crippen molar-refractivity contribution in [3.63, 3.8) is 0 Å². The van der Waals surface area contributed by atoms with Gasteiger partial charge in [0.05, 0.1) is 12.7 Å². The molecule has 0 amide bonds. The molecule has 0 unspecified atom stereocenters. The molecule has 0 saturated carbocycles. The smallest absolute Gasteiger partial charge is 0.331 e. The van der Waals surface area contributed by atoms with Crippen molar-refractivity contribution in [3.8, 4) is 11.8 Å². The fraction of sp³-hybridized carbons (Fsp3) is 0.500. The molecule has 1 aromatic rings. The van der Waals surface area contributed by atoms with Gasteiger partial charge in [-0.2, -0.15) is 0 Å². The van der Waals surface area contributed by atoms with Gasteiger partial charge in [0, 0.05) is 18.7 Å². The van der Waals surface area contributed by atoms with E-state index in [-0.39, 0.29) is 13.0 Å². The van der Waals surface area contributed by atoms with Crippen LogP contribution in [0.3, 0.4) is 0 Å². The minimum Gasteiger partial charge on any atom is -0.394 e. The van der Waals surface area contributed by atoms with Crippen molar-refractivity contribution in [1.29, 1.82) is 0 Å². The van der Waals surface area contributed by atoms with Gasteiger partial charge in [-0.3, -0.25) is 14.3 Å². The number of nitrogens with zero attached hydrogens (tertiary/aromatic N) is 1. The van der Waals surface area contributed by atoms with Crippen molar-refractivity contribution in [3.05, 3.63) is 33.1 Å². The Labute approximate surface area is 108 Å². The fourth-order valence-corrected chi connectivity index (χ4v) is 2.14. The van der Waals surface area contributed by atoms with Gasteiger partial charge in [0.15, 0.2) is 0 Å². The first-order chi connectivity index (χ1) is 9.02. The third kappa shape index (κ3) is 2.33. The van der Waals surface area contributed by atoms with Gasteiger partial charge in [-0.25, -0.2) is 4.79 Å². The van der Waals surface area contributed by atoms with Crippen molar-refractivity contribution < 1.29 is 14.9 Å². The number of aromatic amines is 1. The fourth-order valence-electron chi connectivity index (χ4n) is 2.14. The highest BCUT2D eigenvalue weighted by molar-refractivity contribution is 5.15. The summed E-state index contributed by atoms with van der Waals surface area (Å²) in [6.45, 7) is 1.19. The van der Waals surface area contributed by atoms with E-state index in [1.807, 2.05) is 0 Å². The third-order valence-electron chi connectivity index (χ3n) is 2.97. The number of ether oxygens (including phenoxy) is 1. The minimum absolute atomic E-state index is 0.0328.